The van der Waals surface area contributed by atoms with Gasteiger partial charge in [0.25, 0.3) is 0 Å². The number of aromatic amines is 1. The van der Waals surface area contributed by atoms with E-state index in [0.29, 0.717) is 6.42 Å². The van der Waals surface area contributed by atoms with Crippen LogP contribution >= 0.6 is 0 Å². The van der Waals surface area contributed by atoms with Crippen LogP contribution in [0.4, 0.5) is 0 Å². The van der Waals surface area contributed by atoms with Gasteiger partial charge in [-0.05, 0) is 0 Å². The normalized spacial score (nSPS) is 12.8. The standard InChI is InChI=1S/C7H11N3O2.C6H9N3O2/c1-10-4-9-3-5(10)2-6(8)7(11)12;7-5(6(10)11)1-4-2-8-3-9-4/h3-4,6H,2,8H2,1H3,(H,11,12);2-3,5H,1,7H2,(H,8,9)(H,10,11). The Hall–Kier alpha value is -2.72. The number of aliphatic carboxylic acids is 2. The highest BCUT2D eigenvalue weighted by atomic mass is 16.4. The topological polar surface area (TPSA) is 173 Å². The van der Waals surface area contributed by atoms with Crippen molar-refractivity contribution in [3.05, 3.63) is 36.4 Å². The molecule has 10 nitrogen and oxygen atoms in total. The third kappa shape index (κ3) is 6.28. The van der Waals surface area contributed by atoms with Crippen LogP contribution in [0.15, 0.2) is 25.0 Å². The molecule has 0 fully saturated rings. The van der Waals surface area contributed by atoms with Gasteiger partial charge in [-0.2, -0.15) is 0 Å². The molecular weight excluding hydrogens is 304 g/mol. The summed E-state index contributed by atoms with van der Waals surface area (Å²) >= 11 is 0. The Morgan fingerprint density at radius 1 is 1.17 bits per heavy atom. The summed E-state index contributed by atoms with van der Waals surface area (Å²) in [6, 6.07) is -1.70. The minimum atomic E-state index is -1.00. The van der Waals surface area contributed by atoms with E-state index < -0.39 is 24.0 Å². The van der Waals surface area contributed by atoms with Gasteiger partial charge in [-0.15, -0.1) is 0 Å². The molecule has 0 bridgehead atoms. The van der Waals surface area contributed by atoms with Crippen molar-refractivity contribution in [3.63, 3.8) is 0 Å². The number of hydrogen-bond donors (Lipinski definition) is 5. The van der Waals surface area contributed by atoms with Crippen LogP contribution in [-0.4, -0.2) is 53.8 Å². The molecule has 0 saturated heterocycles. The molecule has 2 aromatic rings. The number of carboxylic acid groups (broad SMARTS) is 2. The van der Waals surface area contributed by atoms with Crippen molar-refractivity contribution in [2.75, 3.05) is 0 Å². The molecule has 0 saturated carbocycles. The zero-order valence-corrected chi connectivity index (χ0v) is 12.6. The lowest BCUT2D eigenvalue weighted by Gasteiger charge is -2.05. The van der Waals surface area contributed by atoms with Crippen molar-refractivity contribution in [3.8, 4) is 0 Å². The van der Waals surface area contributed by atoms with Gasteiger partial charge in [0.05, 0.1) is 12.7 Å². The number of rotatable bonds is 6. The maximum absolute atomic E-state index is 10.4. The molecule has 0 aliphatic carbocycles. The predicted molar refractivity (Wildman–Crippen MR) is 80.4 cm³/mol. The van der Waals surface area contributed by atoms with Crippen LogP contribution in [0.25, 0.3) is 0 Å². The lowest BCUT2D eigenvalue weighted by molar-refractivity contribution is -0.139. The molecule has 0 aliphatic rings. The summed E-state index contributed by atoms with van der Waals surface area (Å²) in [5.41, 5.74) is 12.2. The van der Waals surface area contributed by atoms with Crippen molar-refractivity contribution in [2.24, 2.45) is 18.5 Å². The third-order valence-electron chi connectivity index (χ3n) is 2.97. The molecule has 2 aromatic heterocycles. The van der Waals surface area contributed by atoms with Crippen LogP contribution in [-0.2, 0) is 29.5 Å². The van der Waals surface area contributed by atoms with Crippen LogP contribution < -0.4 is 11.5 Å². The van der Waals surface area contributed by atoms with Crippen LogP contribution in [0.5, 0.6) is 0 Å². The highest BCUT2D eigenvalue weighted by Gasteiger charge is 2.13. The molecule has 0 aliphatic heterocycles. The first-order chi connectivity index (χ1) is 10.8. The third-order valence-corrected chi connectivity index (χ3v) is 2.97. The van der Waals surface area contributed by atoms with Crippen LogP contribution in [0.1, 0.15) is 11.4 Å². The molecule has 2 atom stereocenters. The van der Waals surface area contributed by atoms with E-state index in [2.05, 4.69) is 15.0 Å². The van der Waals surface area contributed by atoms with E-state index in [9.17, 15) is 9.59 Å². The summed E-state index contributed by atoms with van der Waals surface area (Å²) < 4.78 is 1.75. The molecule has 2 heterocycles. The number of carbonyl (C=O) groups is 2. The maximum atomic E-state index is 10.4. The summed E-state index contributed by atoms with van der Waals surface area (Å²) in [4.78, 5) is 31.0. The molecule has 0 radical (unpaired) electrons. The summed E-state index contributed by atoms with van der Waals surface area (Å²) in [5.74, 6) is -1.99. The van der Waals surface area contributed by atoms with E-state index in [4.69, 9.17) is 21.7 Å². The number of aryl methyl sites for hydroxylation is 1. The number of hydrogen-bond acceptors (Lipinski definition) is 6. The zero-order valence-electron chi connectivity index (χ0n) is 12.6. The Bertz CT molecular complexity index is 624. The van der Waals surface area contributed by atoms with Gasteiger partial charge in [-0.25, -0.2) is 9.97 Å². The van der Waals surface area contributed by atoms with Gasteiger partial charge < -0.3 is 31.2 Å². The average molecular weight is 324 g/mol. The minimum absolute atomic E-state index is 0.287. The van der Waals surface area contributed by atoms with Gasteiger partial charge >= 0.3 is 11.9 Å². The Morgan fingerprint density at radius 2 is 1.78 bits per heavy atom. The molecule has 2 rings (SSSR count). The monoisotopic (exact) mass is 324 g/mol. The van der Waals surface area contributed by atoms with Crippen LogP contribution in [0, 0.1) is 0 Å². The Balaban J connectivity index is 0.000000231. The molecule has 2 unspecified atom stereocenters. The van der Waals surface area contributed by atoms with Crippen molar-refractivity contribution < 1.29 is 19.8 Å². The van der Waals surface area contributed by atoms with Crippen molar-refractivity contribution >= 4 is 11.9 Å². The lowest BCUT2D eigenvalue weighted by atomic mass is 10.2. The molecular formula is C13H20N6O4. The van der Waals surface area contributed by atoms with Gasteiger partial charge in [0.2, 0.25) is 0 Å². The number of nitrogens with two attached hydrogens (primary N) is 2. The SMILES string of the molecule is Cn1cncc1CC(N)C(=O)O.NC(Cc1cnc[nH]1)C(=O)O. The molecule has 23 heavy (non-hydrogen) atoms. The molecule has 0 amide bonds. The molecule has 126 valence electrons. The second kappa shape index (κ2) is 8.66. The fraction of sp³-hybridized carbons (Fsp3) is 0.385. The summed E-state index contributed by atoms with van der Waals surface area (Å²) in [7, 11) is 1.80. The number of carboxylic acids is 2. The summed E-state index contributed by atoms with van der Waals surface area (Å²) in [6.07, 6.45) is 6.88. The van der Waals surface area contributed by atoms with E-state index in [1.807, 2.05) is 0 Å². The lowest BCUT2D eigenvalue weighted by Crippen LogP contribution is -2.32. The van der Waals surface area contributed by atoms with E-state index in [1.54, 1.807) is 30.3 Å². The van der Waals surface area contributed by atoms with E-state index in [1.165, 1.54) is 6.33 Å². The fourth-order valence-corrected chi connectivity index (χ4v) is 1.61. The Morgan fingerprint density at radius 3 is 2.22 bits per heavy atom. The highest BCUT2D eigenvalue weighted by Crippen LogP contribution is 1.99. The zero-order chi connectivity index (χ0) is 17.4. The quantitative estimate of drug-likeness (QED) is 0.437. The van der Waals surface area contributed by atoms with E-state index in [-0.39, 0.29) is 6.42 Å². The molecule has 0 aromatic carbocycles. The van der Waals surface area contributed by atoms with Crippen LogP contribution in [0.3, 0.4) is 0 Å². The Kier molecular flexibility index (Phi) is 6.90. The minimum Gasteiger partial charge on any atom is -0.480 e. The molecule has 0 spiro atoms. The second-order valence-corrected chi connectivity index (χ2v) is 4.87. The first kappa shape index (κ1) is 18.3. The van der Waals surface area contributed by atoms with Gasteiger partial charge in [0.1, 0.15) is 12.1 Å². The van der Waals surface area contributed by atoms with Crippen LogP contribution in [0.2, 0.25) is 0 Å². The van der Waals surface area contributed by atoms with Gasteiger partial charge in [-0.3, -0.25) is 9.59 Å². The van der Waals surface area contributed by atoms with Crippen molar-refractivity contribution in [2.45, 2.75) is 24.9 Å². The number of H-pyrrole nitrogens is 1. The smallest absolute Gasteiger partial charge is 0.320 e. The highest BCUT2D eigenvalue weighted by molar-refractivity contribution is 5.73. The number of nitrogens with zero attached hydrogens (tertiary/aromatic N) is 3. The van der Waals surface area contributed by atoms with Crippen molar-refractivity contribution in [1.29, 1.82) is 0 Å². The summed E-state index contributed by atoms with van der Waals surface area (Å²) in [5, 5.41) is 16.9. The fourth-order valence-electron chi connectivity index (χ4n) is 1.61. The average Bonchev–Trinajstić information content (AvgIpc) is 3.12. The molecule has 7 N–H and O–H groups in total. The van der Waals surface area contributed by atoms with Gasteiger partial charge in [0.15, 0.2) is 0 Å². The van der Waals surface area contributed by atoms with Gasteiger partial charge in [0, 0.05) is 43.7 Å². The largest absolute Gasteiger partial charge is 0.480 e. The summed E-state index contributed by atoms with van der Waals surface area (Å²) in [6.45, 7) is 0. The van der Waals surface area contributed by atoms with Gasteiger partial charge in [-0.1, -0.05) is 0 Å². The first-order valence-corrected chi connectivity index (χ1v) is 6.70. The number of nitrogens with one attached hydrogen (secondary N) is 1. The van der Waals surface area contributed by atoms with Crippen molar-refractivity contribution in [1.82, 2.24) is 19.5 Å². The van der Waals surface area contributed by atoms with E-state index in [0.717, 1.165) is 11.4 Å². The number of aromatic nitrogens is 4. The maximum Gasteiger partial charge on any atom is 0.320 e. The number of imidazole rings is 2. The Labute approximate surface area is 132 Å². The van der Waals surface area contributed by atoms with E-state index >= 15 is 0 Å². The predicted octanol–water partition coefficient (Wildman–Crippen LogP) is -1.26. The second-order valence-electron chi connectivity index (χ2n) is 4.87. The first-order valence-electron chi connectivity index (χ1n) is 6.70. The molecule has 10 heteroatoms.